The molecule has 1 aromatic carbocycles. The lowest BCUT2D eigenvalue weighted by Gasteiger charge is -2.28. The first-order valence-corrected chi connectivity index (χ1v) is 7.68. The van der Waals surface area contributed by atoms with E-state index in [1.807, 2.05) is 38.4 Å². The van der Waals surface area contributed by atoms with Crippen LogP contribution in [0.3, 0.4) is 0 Å². The molecule has 1 aromatic heterocycles. The summed E-state index contributed by atoms with van der Waals surface area (Å²) >= 11 is 0. The van der Waals surface area contributed by atoms with Crippen LogP contribution >= 0.6 is 0 Å². The normalized spacial score (nSPS) is 17.8. The van der Waals surface area contributed by atoms with Gasteiger partial charge in [0.05, 0.1) is 12.1 Å². The summed E-state index contributed by atoms with van der Waals surface area (Å²) < 4.78 is 2.05. The second-order valence-electron chi connectivity index (χ2n) is 6.38. The number of para-hydroxylation sites is 1. The Morgan fingerprint density at radius 1 is 1.45 bits per heavy atom. The summed E-state index contributed by atoms with van der Waals surface area (Å²) in [4.78, 5) is 12.2. The number of hydrogen-bond donors (Lipinski definition) is 2. The van der Waals surface area contributed by atoms with Crippen molar-refractivity contribution in [2.24, 2.45) is 13.0 Å². The van der Waals surface area contributed by atoms with Crippen LogP contribution in [0, 0.1) is 5.92 Å². The maximum absolute atomic E-state index is 12.2. The van der Waals surface area contributed by atoms with Gasteiger partial charge in [-0.15, -0.1) is 0 Å². The molecular weight excluding hydrogens is 276 g/mol. The number of nitrogens with one attached hydrogen (secondary N) is 1. The Kier molecular flexibility index (Phi) is 3.79. The van der Waals surface area contributed by atoms with Gasteiger partial charge in [0.25, 0.3) is 0 Å². The zero-order valence-electron chi connectivity index (χ0n) is 13.0. The van der Waals surface area contributed by atoms with E-state index < -0.39 is 5.54 Å². The fourth-order valence-electron chi connectivity index (χ4n) is 2.99. The van der Waals surface area contributed by atoms with Gasteiger partial charge in [0, 0.05) is 35.8 Å². The topological polar surface area (TPSA) is 54.3 Å². The van der Waals surface area contributed by atoms with Gasteiger partial charge >= 0.3 is 0 Å². The lowest BCUT2D eigenvalue weighted by atomic mass is 9.97. The van der Waals surface area contributed by atoms with Gasteiger partial charge in [0.15, 0.2) is 0 Å². The highest BCUT2D eigenvalue weighted by Gasteiger charge is 2.41. The van der Waals surface area contributed by atoms with Crippen LogP contribution in [0.1, 0.15) is 25.3 Å². The number of benzene rings is 1. The molecule has 1 unspecified atom stereocenters. The summed E-state index contributed by atoms with van der Waals surface area (Å²) in [5, 5.41) is 13.6. The lowest BCUT2D eigenvalue weighted by molar-refractivity contribution is -0.119. The predicted molar refractivity (Wildman–Crippen MR) is 88.3 cm³/mol. The highest BCUT2D eigenvalue weighted by molar-refractivity contribution is 5.96. The third-order valence-corrected chi connectivity index (χ3v) is 4.56. The van der Waals surface area contributed by atoms with Crippen LogP contribution in [0.25, 0.3) is 17.0 Å². The third kappa shape index (κ3) is 2.79. The number of aromatic nitrogens is 1. The third-order valence-electron chi connectivity index (χ3n) is 4.56. The molecule has 2 aromatic rings. The minimum Gasteiger partial charge on any atom is -0.394 e. The molecule has 4 nitrogen and oxygen atoms in total. The molecule has 1 fully saturated rings. The number of nitrogens with zero attached hydrogens (tertiary/aromatic N) is 1. The van der Waals surface area contributed by atoms with Crippen LogP contribution < -0.4 is 5.32 Å². The molecule has 1 heterocycles. The molecule has 2 N–H and O–H groups in total. The number of aryl methyl sites for hydroxylation is 1. The Hall–Kier alpha value is -2.07. The van der Waals surface area contributed by atoms with Crippen LogP contribution in [0.4, 0.5) is 0 Å². The van der Waals surface area contributed by atoms with E-state index in [4.69, 9.17) is 0 Å². The van der Waals surface area contributed by atoms with Gasteiger partial charge < -0.3 is 15.0 Å². The van der Waals surface area contributed by atoms with Gasteiger partial charge in [-0.05, 0) is 37.8 Å². The Bertz CT molecular complexity index is 728. The SMILES string of the molecule is Cn1cc(/C=C/C(=O)NC(C)(CO)C2CC2)c2ccccc21. The Balaban J connectivity index is 1.76. The second kappa shape index (κ2) is 5.61. The van der Waals surface area contributed by atoms with Crippen LogP contribution in [0.5, 0.6) is 0 Å². The number of rotatable bonds is 5. The number of fused-ring (bicyclic) bond motifs is 1. The predicted octanol–water partition coefficient (Wildman–Crippen LogP) is 2.47. The van der Waals surface area contributed by atoms with Crippen molar-refractivity contribution in [2.75, 3.05) is 6.61 Å². The molecule has 1 aliphatic rings. The first-order valence-electron chi connectivity index (χ1n) is 7.68. The monoisotopic (exact) mass is 298 g/mol. The largest absolute Gasteiger partial charge is 0.394 e. The van der Waals surface area contributed by atoms with Gasteiger partial charge in [-0.25, -0.2) is 0 Å². The summed E-state index contributed by atoms with van der Waals surface area (Å²) in [5.41, 5.74) is 1.66. The van der Waals surface area contributed by atoms with Gasteiger partial charge in [-0.3, -0.25) is 4.79 Å². The van der Waals surface area contributed by atoms with Crippen LogP contribution in [-0.2, 0) is 11.8 Å². The van der Waals surface area contributed by atoms with Crippen molar-refractivity contribution in [1.82, 2.24) is 9.88 Å². The summed E-state index contributed by atoms with van der Waals surface area (Å²) in [6.07, 6.45) is 7.55. The number of carbonyl (C=O) groups excluding carboxylic acids is 1. The first kappa shape index (κ1) is 14.9. The van der Waals surface area contributed by atoms with Gasteiger partial charge in [-0.1, -0.05) is 18.2 Å². The molecule has 116 valence electrons. The highest BCUT2D eigenvalue weighted by Crippen LogP contribution is 2.39. The molecule has 0 saturated heterocycles. The first-order chi connectivity index (χ1) is 10.5. The average Bonchev–Trinajstić information content (AvgIpc) is 3.32. The van der Waals surface area contributed by atoms with Crippen molar-refractivity contribution in [2.45, 2.75) is 25.3 Å². The molecule has 1 saturated carbocycles. The number of carbonyl (C=O) groups is 1. The van der Waals surface area contributed by atoms with E-state index in [1.165, 1.54) is 0 Å². The average molecular weight is 298 g/mol. The Labute approximate surface area is 130 Å². The van der Waals surface area contributed by atoms with Gasteiger partial charge in [0.1, 0.15) is 0 Å². The van der Waals surface area contributed by atoms with Crippen molar-refractivity contribution in [3.63, 3.8) is 0 Å². The van der Waals surface area contributed by atoms with E-state index in [9.17, 15) is 9.90 Å². The molecule has 1 amide bonds. The van der Waals surface area contributed by atoms with Crippen molar-refractivity contribution >= 4 is 22.9 Å². The molecule has 4 heteroatoms. The Morgan fingerprint density at radius 2 is 2.18 bits per heavy atom. The van der Waals surface area contributed by atoms with Crippen LogP contribution in [0.2, 0.25) is 0 Å². The fourth-order valence-corrected chi connectivity index (χ4v) is 2.99. The molecule has 1 aliphatic carbocycles. The number of aliphatic hydroxyl groups is 1. The van der Waals surface area contributed by atoms with E-state index in [1.54, 1.807) is 6.08 Å². The quantitative estimate of drug-likeness (QED) is 0.833. The summed E-state index contributed by atoms with van der Waals surface area (Å²) in [6.45, 7) is 1.89. The van der Waals surface area contributed by atoms with Crippen LogP contribution in [-0.4, -0.2) is 27.7 Å². The smallest absolute Gasteiger partial charge is 0.244 e. The molecule has 0 bridgehead atoms. The molecule has 1 atom stereocenters. The van der Waals surface area contributed by atoms with Crippen molar-refractivity contribution in [3.8, 4) is 0 Å². The maximum Gasteiger partial charge on any atom is 0.244 e. The summed E-state index contributed by atoms with van der Waals surface area (Å²) in [5.74, 6) is 0.240. The van der Waals surface area contributed by atoms with E-state index >= 15 is 0 Å². The van der Waals surface area contributed by atoms with Crippen molar-refractivity contribution < 1.29 is 9.90 Å². The van der Waals surface area contributed by atoms with E-state index in [-0.39, 0.29) is 12.5 Å². The van der Waals surface area contributed by atoms with Crippen LogP contribution in [0.15, 0.2) is 36.5 Å². The zero-order chi connectivity index (χ0) is 15.7. The number of amides is 1. The standard InChI is InChI=1S/C18H22N2O2/c1-18(12-21,14-8-9-14)19-17(22)10-7-13-11-20(2)16-6-4-3-5-15(13)16/h3-7,10-11,14,21H,8-9,12H2,1-2H3,(H,19,22)/b10-7+. The minimum atomic E-state index is -0.500. The van der Waals surface area contributed by atoms with E-state index in [2.05, 4.69) is 22.0 Å². The second-order valence-corrected chi connectivity index (χ2v) is 6.38. The summed E-state index contributed by atoms with van der Waals surface area (Å²) in [7, 11) is 2.00. The minimum absolute atomic E-state index is 0.0223. The number of hydrogen-bond acceptors (Lipinski definition) is 2. The Morgan fingerprint density at radius 3 is 2.86 bits per heavy atom. The fraction of sp³-hybridized carbons (Fsp3) is 0.389. The lowest BCUT2D eigenvalue weighted by Crippen LogP contribution is -2.50. The molecule has 0 spiro atoms. The van der Waals surface area contributed by atoms with Crippen molar-refractivity contribution in [1.29, 1.82) is 0 Å². The van der Waals surface area contributed by atoms with Gasteiger partial charge in [-0.2, -0.15) is 0 Å². The highest BCUT2D eigenvalue weighted by atomic mass is 16.3. The zero-order valence-corrected chi connectivity index (χ0v) is 13.0. The molecular formula is C18H22N2O2. The van der Waals surface area contributed by atoms with Crippen molar-refractivity contribution in [3.05, 3.63) is 42.1 Å². The molecule has 3 rings (SSSR count). The molecule has 22 heavy (non-hydrogen) atoms. The van der Waals surface area contributed by atoms with E-state index in [0.717, 1.165) is 29.3 Å². The maximum atomic E-state index is 12.2. The summed E-state index contributed by atoms with van der Waals surface area (Å²) in [6, 6.07) is 8.11. The molecule has 0 radical (unpaired) electrons. The number of aliphatic hydroxyl groups excluding tert-OH is 1. The van der Waals surface area contributed by atoms with Gasteiger partial charge in [0.2, 0.25) is 5.91 Å². The van der Waals surface area contributed by atoms with E-state index in [0.29, 0.717) is 5.92 Å². The molecule has 0 aliphatic heterocycles.